The molecule has 1 aliphatic carbocycles. The lowest BCUT2D eigenvalue weighted by molar-refractivity contribution is -0.144. The Kier molecular flexibility index (Phi) is 5.55. The van der Waals surface area contributed by atoms with Crippen LogP contribution in [-0.4, -0.2) is 55.0 Å². The van der Waals surface area contributed by atoms with Crippen molar-refractivity contribution in [3.05, 3.63) is 0 Å². The largest absolute Gasteiger partial charge is 0.480 e. The number of aliphatic carboxylic acids is 1. The van der Waals surface area contributed by atoms with Gasteiger partial charge in [0.05, 0.1) is 6.54 Å². The molecule has 9 heteroatoms. The summed E-state index contributed by atoms with van der Waals surface area (Å²) in [4.78, 5) is 21.3. The molecule has 1 fully saturated rings. The molecule has 110 valence electrons. The summed E-state index contributed by atoms with van der Waals surface area (Å²) in [5, 5.41) is 13.1. The SMILES string of the molecule is O=C(O)COCC(=O)NC1CC(NCC(F)(F)F)C1. The Morgan fingerprint density at radius 2 is 1.84 bits per heavy atom. The first-order valence-corrected chi connectivity index (χ1v) is 5.65. The summed E-state index contributed by atoms with van der Waals surface area (Å²) in [6.45, 7) is -1.97. The molecular weight excluding hydrogens is 269 g/mol. The molecule has 0 saturated heterocycles. The van der Waals surface area contributed by atoms with Gasteiger partial charge in [-0.05, 0) is 12.8 Å². The van der Waals surface area contributed by atoms with Gasteiger partial charge >= 0.3 is 12.1 Å². The zero-order chi connectivity index (χ0) is 14.5. The molecule has 0 aromatic carbocycles. The molecule has 0 aromatic rings. The molecular formula is C10H15F3N2O4. The second-order valence-electron chi connectivity index (χ2n) is 4.32. The molecule has 0 bridgehead atoms. The van der Waals surface area contributed by atoms with Crippen molar-refractivity contribution in [2.75, 3.05) is 19.8 Å². The van der Waals surface area contributed by atoms with Gasteiger partial charge in [-0.15, -0.1) is 0 Å². The zero-order valence-corrected chi connectivity index (χ0v) is 10.00. The van der Waals surface area contributed by atoms with Crippen LogP contribution in [0.2, 0.25) is 0 Å². The summed E-state index contributed by atoms with van der Waals surface area (Å²) in [5.74, 6) is -1.65. The Hall–Kier alpha value is -1.35. The second-order valence-corrected chi connectivity index (χ2v) is 4.32. The molecule has 0 aliphatic heterocycles. The third-order valence-corrected chi connectivity index (χ3v) is 2.55. The number of carboxylic acids is 1. The summed E-state index contributed by atoms with van der Waals surface area (Å²) in [5.41, 5.74) is 0. The third kappa shape index (κ3) is 6.97. The van der Waals surface area contributed by atoms with Gasteiger partial charge < -0.3 is 20.5 Å². The summed E-state index contributed by atoms with van der Waals surface area (Å²) < 4.78 is 40.2. The fourth-order valence-electron chi connectivity index (χ4n) is 1.66. The first-order chi connectivity index (χ1) is 8.76. The molecule has 0 atom stereocenters. The lowest BCUT2D eigenvalue weighted by Gasteiger charge is -2.36. The van der Waals surface area contributed by atoms with Gasteiger partial charge in [0.15, 0.2) is 0 Å². The highest BCUT2D eigenvalue weighted by Crippen LogP contribution is 2.21. The number of nitrogens with one attached hydrogen (secondary N) is 2. The van der Waals surface area contributed by atoms with E-state index in [1.807, 2.05) is 0 Å². The number of ether oxygens (including phenoxy) is 1. The van der Waals surface area contributed by atoms with Crippen molar-refractivity contribution < 1.29 is 32.6 Å². The number of hydrogen-bond donors (Lipinski definition) is 3. The van der Waals surface area contributed by atoms with Crippen LogP contribution in [0.15, 0.2) is 0 Å². The van der Waals surface area contributed by atoms with Crippen molar-refractivity contribution in [2.24, 2.45) is 0 Å². The van der Waals surface area contributed by atoms with Crippen LogP contribution in [0.4, 0.5) is 13.2 Å². The molecule has 0 radical (unpaired) electrons. The van der Waals surface area contributed by atoms with Crippen molar-refractivity contribution in [3.63, 3.8) is 0 Å². The van der Waals surface area contributed by atoms with E-state index >= 15 is 0 Å². The Bertz CT molecular complexity index is 329. The van der Waals surface area contributed by atoms with Crippen LogP contribution in [0, 0.1) is 0 Å². The molecule has 1 saturated carbocycles. The number of carbonyl (C=O) groups is 2. The van der Waals surface area contributed by atoms with Gasteiger partial charge in [-0.2, -0.15) is 13.2 Å². The smallest absolute Gasteiger partial charge is 0.401 e. The molecule has 0 aromatic heterocycles. The van der Waals surface area contributed by atoms with Gasteiger partial charge in [0.2, 0.25) is 5.91 Å². The van der Waals surface area contributed by atoms with E-state index in [0.29, 0.717) is 12.8 Å². The predicted octanol–water partition coefficient (Wildman–Crippen LogP) is -0.113. The van der Waals surface area contributed by atoms with Crippen molar-refractivity contribution in [3.8, 4) is 0 Å². The lowest BCUT2D eigenvalue weighted by atomic mass is 9.86. The van der Waals surface area contributed by atoms with E-state index in [2.05, 4.69) is 15.4 Å². The molecule has 0 spiro atoms. The topological polar surface area (TPSA) is 87.7 Å². The van der Waals surface area contributed by atoms with Crippen molar-refractivity contribution in [1.29, 1.82) is 0 Å². The van der Waals surface area contributed by atoms with Gasteiger partial charge in [0.1, 0.15) is 13.2 Å². The van der Waals surface area contributed by atoms with E-state index in [1.54, 1.807) is 0 Å². The minimum absolute atomic E-state index is 0.188. The van der Waals surface area contributed by atoms with Crippen molar-refractivity contribution in [2.45, 2.75) is 31.1 Å². The molecule has 0 unspecified atom stereocenters. The average molecular weight is 284 g/mol. The van der Waals surface area contributed by atoms with Gasteiger partial charge in [0.25, 0.3) is 0 Å². The Labute approximate surface area is 107 Å². The average Bonchev–Trinajstić information content (AvgIpc) is 2.19. The summed E-state index contributed by atoms with van der Waals surface area (Å²) in [6.07, 6.45) is -3.40. The van der Waals surface area contributed by atoms with Crippen LogP contribution < -0.4 is 10.6 Å². The molecule has 19 heavy (non-hydrogen) atoms. The fraction of sp³-hybridized carbons (Fsp3) is 0.800. The van der Waals surface area contributed by atoms with Gasteiger partial charge in [-0.1, -0.05) is 0 Å². The van der Waals surface area contributed by atoms with Gasteiger partial charge in [-0.25, -0.2) is 4.79 Å². The normalized spacial score (nSPS) is 22.7. The van der Waals surface area contributed by atoms with E-state index in [0.717, 1.165) is 0 Å². The van der Waals surface area contributed by atoms with Crippen LogP contribution in [0.25, 0.3) is 0 Å². The lowest BCUT2D eigenvalue weighted by Crippen LogP contribution is -2.54. The summed E-state index contributed by atoms with van der Waals surface area (Å²) in [6, 6.07) is -0.446. The van der Waals surface area contributed by atoms with E-state index in [1.165, 1.54) is 0 Å². The first kappa shape index (κ1) is 15.7. The third-order valence-electron chi connectivity index (χ3n) is 2.55. The predicted molar refractivity (Wildman–Crippen MR) is 57.5 cm³/mol. The Morgan fingerprint density at radius 1 is 1.21 bits per heavy atom. The standard InChI is InChI=1S/C10H15F3N2O4/c11-10(12,13)5-14-6-1-7(2-6)15-8(16)3-19-4-9(17)18/h6-7,14H,1-5H2,(H,15,16)(H,17,18). The molecule has 0 heterocycles. The maximum Gasteiger partial charge on any atom is 0.401 e. The number of carbonyl (C=O) groups excluding carboxylic acids is 1. The van der Waals surface area contributed by atoms with Crippen LogP contribution in [-0.2, 0) is 14.3 Å². The van der Waals surface area contributed by atoms with E-state index < -0.39 is 31.2 Å². The number of amides is 1. The highest BCUT2D eigenvalue weighted by atomic mass is 19.4. The Morgan fingerprint density at radius 3 is 2.37 bits per heavy atom. The van der Waals surface area contributed by atoms with Crippen LogP contribution in [0.3, 0.4) is 0 Å². The van der Waals surface area contributed by atoms with Crippen LogP contribution in [0.1, 0.15) is 12.8 Å². The summed E-state index contributed by atoms with van der Waals surface area (Å²) in [7, 11) is 0. The summed E-state index contributed by atoms with van der Waals surface area (Å²) >= 11 is 0. The van der Waals surface area contributed by atoms with Gasteiger partial charge in [-0.3, -0.25) is 4.79 Å². The Balaban J connectivity index is 2.05. The number of halogens is 3. The number of carboxylic acid groups (broad SMARTS) is 1. The molecule has 6 nitrogen and oxygen atoms in total. The van der Waals surface area contributed by atoms with Gasteiger partial charge in [0, 0.05) is 12.1 Å². The first-order valence-electron chi connectivity index (χ1n) is 5.65. The molecule has 1 rings (SSSR count). The van der Waals surface area contributed by atoms with E-state index in [9.17, 15) is 22.8 Å². The van der Waals surface area contributed by atoms with Crippen molar-refractivity contribution in [1.82, 2.24) is 10.6 Å². The zero-order valence-electron chi connectivity index (χ0n) is 10.00. The fourth-order valence-corrected chi connectivity index (χ4v) is 1.66. The maximum atomic E-state index is 11.9. The number of rotatable bonds is 7. The van der Waals surface area contributed by atoms with Crippen LogP contribution >= 0.6 is 0 Å². The van der Waals surface area contributed by atoms with E-state index in [-0.39, 0.29) is 18.7 Å². The molecule has 3 N–H and O–H groups in total. The van der Waals surface area contributed by atoms with Crippen LogP contribution in [0.5, 0.6) is 0 Å². The second kappa shape index (κ2) is 6.71. The monoisotopic (exact) mass is 284 g/mol. The van der Waals surface area contributed by atoms with Crippen molar-refractivity contribution >= 4 is 11.9 Å². The number of hydrogen-bond acceptors (Lipinski definition) is 4. The quantitative estimate of drug-likeness (QED) is 0.607. The van der Waals surface area contributed by atoms with E-state index in [4.69, 9.17) is 5.11 Å². The highest BCUT2D eigenvalue weighted by Gasteiger charge is 2.34. The molecule has 1 aliphatic rings. The maximum absolute atomic E-state index is 11.9. The molecule has 1 amide bonds. The highest BCUT2D eigenvalue weighted by molar-refractivity contribution is 5.78. The number of alkyl halides is 3. The minimum Gasteiger partial charge on any atom is -0.480 e. The minimum atomic E-state index is -4.24.